The van der Waals surface area contributed by atoms with Gasteiger partial charge in [-0.15, -0.1) is 0 Å². The van der Waals surface area contributed by atoms with Crippen LogP contribution in [0.2, 0.25) is 0 Å². The van der Waals surface area contributed by atoms with Gasteiger partial charge in [-0.05, 0) is 37.3 Å². The molecule has 0 fully saturated rings. The standard InChI is InChI=1S/C21H16F4N6O3/c1-3-34-20(33)13-10-26-30(2)18(13)28-19(32)15-9-17-27-14(11-4-6-12(22)7-5-11)8-16(21(23,24)25)31(17)29-15/h4-10H,3H2,1-2H3,(H,28,32). The zero-order valence-electron chi connectivity index (χ0n) is 17.7. The molecule has 0 bridgehead atoms. The number of halogens is 4. The van der Waals surface area contributed by atoms with E-state index in [1.54, 1.807) is 6.92 Å². The molecule has 176 valence electrons. The quantitative estimate of drug-likeness (QED) is 0.348. The molecule has 0 aliphatic heterocycles. The molecule has 0 spiro atoms. The molecule has 13 heteroatoms. The predicted octanol–water partition coefficient (Wildman–Crippen LogP) is 3.72. The lowest BCUT2D eigenvalue weighted by molar-refractivity contribution is -0.142. The van der Waals surface area contributed by atoms with Gasteiger partial charge >= 0.3 is 12.1 Å². The molecule has 4 rings (SSSR count). The van der Waals surface area contributed by atoms with Gasteiger partial charge in [-0.25, -0.2) is 18.7 Å². The minimum absolute atomic E-state index is 0.0171. The number of anilines is 1. The molecule has 9 nitrogen and oxygen atoms in total. The summed E-state index contributed by atoms with van der Waals surface area (Å²) in [5, 5.41) is 10.1. The number of aromatic nitrogens is 5. The van der Waals surface area contributed by atoms with Gasteiger partial charge in [0.1, 0.15) is 17.2 Å². The second-order valence-corrected chi connectivity index (χ2v) is 7.04. The highest BCUT2D eigenvalue weighted by molar-refractivity contribution is 6.06. The highest BCUT2D eigenvalue weighted by Gasteiger charge is 2.36. The van der Waals surface area contributed by atoms with Crippen LogP contribution in [-0.2, 0) is 18.0 Å². The molecule has 0 saturated heterocycles. The van der Waals surface area contributed by atoms with Crippen LogP contribution in [0, 0.1) is 5.82 Å². The van der Waals surface area contributed by atoms with Crippen molar-refractivity contribution in [1.82, 2.24) is 24.4 Å². The summed E-state index contributed by atoms with van der Waals surface area (Å²) >= 11 is 0. The number of ether oxygens (including phenoxy) is 1. The second kappa shape index (κ2) is 8.57. The Morgan fingerprint density at radius 1 is 1.15 bits per heavy atom. The molecule has 3 heterocycles. The number of aryl methyl sites for hydroxylation is 1. The first-order valence-electron chi connectivity index (χ1n) is 9.83. The van der Waals surface area contributed by atoms with Crippen molar-refractivity contribution >= 4 is 23.3 Å². The number of nitrogens with zero attached hydrogens (tertiary/aromatic N) is 5. The number of benzene rings is 1. The van der Waals surface area contributed by atoms with Crippen LogP contribution in [0.3, 0.4) is 0 Å². The smallest absolute Gasteiger partial charge is 0.433 e. The summed E-state index contributed by atoms with van der Waals surface area (Å²) in [7, 11) is 1.46. The van der Waals surface area contributed by atoms with Crippen molar-refractivity contribution in [1.29, 1.82) is 0 Å². The number of esters is 1. The van der Waals surface area contributed by atoms with Crippen LogP contribution in [-0.4, -0.2) is 42.9 Å². The fraction of sp³-hybridized carbons (Fsp3) is 0.190. The normalized spacial score (nSPS) is 11.6. The van der Waals surface area contributed by atoms with Crippen molar-refractivity contribution in [2.45, 2.75) is 13.1 Å². The second-order valence-electron chi connectivity index (χ2n) is 7.04. The summed E-state index contributed by atoms with van der Waals surface area (Å²) in [6, 6.07) is 6.60. The van der Waals surface area contributed by atoms with Crippen molar-refractivity contribution in [3.05, 3.63) is 65.4 Å². The summed E-state index contributed by atoms with van der Waals surface area (Å²) in [5.74, 6) is -2.19. The Hall–Kier alpha value is -4.29. The van der Waals surface area contributed by atoms with Gasteiger partial charge in [-0.1, -0.05) is 0 Å². The number of amides is 1. The van der Waals surface area contributed by atoms with Gasteiger partial charge < -0.3 is 10.1 Å². The molecule has 0 saturated carbocycles. The summed E-state index contributed by atoms with van der Waals surface area (Å²) in [5.41, 5.74) is -1.68. The third-order valence-electron chi connectivity index (χ3n) is 4.76. The maximum absolute atomic E-state index is 13.7. The summed E-state index contributed by atoms with van der Waals surface area (Å²) < 4.78 is 61.1. The van der Waals surface area contributed by atoms with Crippen LogP contribution >= 0.6 is 0 Å². The monoisotopic (exact) mass is 476 g/mol. The van der Waals surface area contributed by atoms with E-state index in [4.69, 9.17) is 4.74 Å². The van der Waals surface area contributed by atoms with Gasteiger partial charge in [-0.3, -0.25) is 9.48 Å². The number of carbonyl (C=O) groups excluding carboxylic acids is 2. The average molecular weight is 476 g/mol. The van der Waals surface area contributed by atoms with Gasteiger partial charge in [0.05, 0.1) is 18.5 Å². The lowest BCUT2D eigenvalue weighted by Crippen LogP contribution is -2.18. The summed E-state index contributed by atoms with van der Waals surface area (Å²) in [6.07, 6.45) is -3.63. The fourth-order valence-electron chi connectivity index (χ4n) is 3.17. The van der Waals surface area contributed by atoms with E-state index in [1.165, 1.54) is 30.1 Å². The minimum Gasteiger partial charge on any atom is -0.462 e. The number of alkyl halides is 3. The Balaban J connectivity index is 1.75. The number of rotatable bonds is 5. The molecule has 0 aliphatic carbocycles. The molecular weight excluding hydrogens is 460 g/mol. The Labute approximate surface area is 189 Å². The van der Waals surface area contributed by atoms with Gasteiger partial charge in [0.25, 0.3) is 5.91 Å². The Kier molecular flexibility index (Phi) is 5.77. The van der Waals surface area contributed by atoms with E-state index in [2.05, 4.69) is 20.5 Å². The highest BCUT2D eigenvalue weighted by Crippen LogP contribution is 2.32. The first-order chi connectivity index (χ1) is 16.1. The lowest BCUT2D eigenvalue weighted by atomic mass is 10.1. The van der Waals surface area contributed by atoms with E-state index in [1.807, 2.05) is 0 Å². The van der Waals surface area contributed by atoms with E-state index < -0.39 is 29.6 Å². The third kappa shape index (κ3) is 4.31. The van der Waals surface area contributed by atoms with Gasteiger partial charge in [0.15, 0.2) is 17.0 Å². The summed E-state index contributed by atoms with van der Waals surface area (Å²) in [6.45, 7) is 1.70. The minimum atomic E-state index is -4.82. The molecule has 0 atom stereocenters. The number of hydrogen-bond acceptors (Lipinski definition) is 6. The van der Waals surface area contributed by atoms with Crippen LogP contribution < -0.4 is 5.32 Å². The molecule has 34 heavy (non-hydrogen) atoms. The molecule has 1 N–H and O–H groups in total. The van der Waals surface area contributed by atoms with Crippen LogP contribution in [0.25, 0.3) is 16.9 Å². The van der Waals surface area contributed by atoms with E-state index in [0.29, 0.717) is 4.52 Å². The van der Waals surface area contributed by atoms with E-state index in [-0.39, 0.29) is 40.6 Å². The predicted molar refractivity (Wildman–Crippen MR) is 111 cm³/mol. The Morgan fingerprint density at radius 3 is 2.50 bits per heavy atom. The maximum atomic E-state index is 13.7. The summed E-state index contributed by atoms with van der Waals surface area (Å²) in [4.78, 5) is 29.0. The maximum Gasteiger partial charge on any atom is 0.433 e. The molecule has 0 unspecified atom stereocenters. The van der Waals surface area contributed by atoms with Gasteiger partial charge in [0.2, 0.25) is 0 Å². The average Bonchev–Trinajstić information content (AvgIpc) is 3.37. The van der Waals surface area contributed by atoms with Crippen LogP contribution in [0.1, 0.15) is 33.5 Å². The zero-order chi connectivity index (χ0) is 24.6. The molecule has 0 radical (unpaired) electrons. The molecule has 4 aromatic rings. The zero-order valence-corrected chi connectivity index (χ0v) is 17.7. The van der Waals surface area contributed by atoms with Crippen LogP contribution in [0.5, 0.6) is 0 Å². The van der Waals surface area contributed by atoms with Crippen LogP contribution in [0.4, 0.5) is 23.4 Å². The fourth-order valence-corrected chi connectivity index (χ4v) is 3.17. The van der Waals surface area contributed by atoms with Gasteiger partial charge in [-0.2, -0.15) is 23.4 Å². The van der Waals surface area contributed by atoms with Crippen molar-refractivity contribution in [3.63, 3.8) is 0 Å². The number of carbonyl (C=O) groups is 2. The highest BCUT2D eigenvalue weighted by atomic mass is 19.4. The molecular formula is C21H16F4N6O3. The molecule has 0 aliphatic rings. The molecule has 1 aromatic carbocycles. The van der Waals surface area contributed by atoms with Crippen molar-refractivity contribution in [2.24, 2.45) is 7.05 Å². The van der Waals surface area contributed by atoms with Crippen molar-refractivity contribution in [2.75, 3.05) is 11.9 Å². The number of hydrogen-bond donors (Lipinski definition) is 1. The molecule has 1 amide bonds. The first-order valence-corrected chi connectivity index (χ1v) is 9.83. The van der Waals surface area contributed by atoms with E-state index in [9.17, 15) is 27.2 Å². The Morgan fingerprint density at radius 2 is 1.85 bits per heavy atom. The largest absolute Gasteiger partial charge is 0.462 e. The third-order valence-corrected chi connectivity index (χ3v) is 4.76. The van der Waals surface area contributed by atoms with Crippen molar-refractivity contribution < 1.29 is 31.9 Å². The number of fused-ring (bicyclic) bond motifs is 1. The van der Waals surface area contributed by atoms with E-state index in [0.717, 1.165) is 24.3 Å². The first kappa shape index (κ1) is 22.9. The van der Waals surface area contributed by atoms with E-state index >= 15 is 0 Å². The SMILES string of the molecule is CCOC(=O)c1cnn(C)c1NC(=O)c1cc2nc(-c3ccc(F)cc3)cc(C(F)(F)F)n2n1. The molecule has 3 aromatic heterocycles. The Bertz CT molecular complexity index is 1390. The van der Waals surface area contributed by atoms with Crippen LogP contribution in [0.15, 0.2) is 42.6 Å². The van der Waals surface area contributed by atoms with Crippen molar-refractivity contribution in [3.8, 4) is 11.3 Å². The lowest BCUT2D eigenvalue weighted by Gasteiger charge is -2.11. The topological polar surface area (TPSA) is 103 Å². The number of nitrogens with one attached hydrogen (secondary N) is 1. The van der Waals surface area contributed by atoms with Gasteiger partial charge in [0, 0.05) is 18.7 Å².